The van der Waals surface area contributed by atoms with E-state index < -0.39 is 5.79 Å². The molecular formula is C13H25NO4. The average Bonchev–Trinajstić information content (AvgIpc) is 2.29. The summed E-state index contributed by atoms with van der Waals surface area (Å²) >= 11 is 0. The lowest BCUT2D eigenvalue weighted by atomic mass is 9.93. The molecule has 5 heteroatoms. The highest BCUT2D eigenvalue weighted by Gasteiger charge is 2.43. The van der Waals surface area contributed by atoms with E-state index in [4.69, 9.17) is 14.2 Å². The van der Waals surface area contributed by atoms with Crippen LogP contribution in [0.15, 0.2) is 0 Å². The van der Waals surface area contributed by atoms with Gasteiger partial charge in [-0.1, -0.05) is 0 Å². The molecule has 1 unspecified atom stereocenters. The molecule has 1 aliphatic rings. The standard InChI is InChI=1S/C13H25NO4/c1-5-16-12(15)11-8-13(17-6-2,18-7-3)10-14(4)9-11/h11H,5-10H2,1-4H3. The maximum Gasteiger partial charge on any atom is 0.310 e. The third-order valence-corrected chi connectivity index (χ3v) is 3.03. The highest BCUT2D eigenvalue weighted by Crippen LogP contribution is 2.30. The summed E-state index contributed by atoms with van der Waals surface area (Å²) in [5, 5.41) is 0. The van der Waals surface area contributed by atoms with Gasteiger partial charge in [0.05, 0.1) is 19.1 Å². The molecule has 0 saturated carbocycles. The lowest BCUT2D eigenvalue weighted by Crippen LogP contribution is -2.55. The van der Waals surface area contributed by atoms with Crippen LogP contribution in [-0.2, 0) is 19.0 Å². The van der Waals surface area contributed by atoms with E-state index in [9.17, 15) is 4.79 Å². The van der Waals surface area contributed by atoms with Crippen LogP contribution in [0, 0.1) is 5.92 Å². The Morgan fingerprint density at radius 3 is 2.33 bits per heavy atom. The highest BCUT2D eigenvalue weighted by molar-refractivity contribution is 5.73. The van der Waals surface area contributed by atoms with Gasteiger partial charge in [0.15, 0.2) is 5.79 Å². The minimum Gasteiger partial charge on any atom is -0.466 e. The Labute approximate surface area is 109 Å². The fourth-order valence-corrected chi connectivity index (χ4v) is 2.55. The van der Waals surface area contributed by atoms with Crippen LogP contribution in [0.5, 0.6) is 0 Å². The predicted octanol–water partition coefficient (Wildman–Crippen LogP) is 1.27. The van der Waals surface area contributed by atoms with Crippen molar-refractivity contribution in [2.45, 2.75) is 33.0 Å². The molecule has 1 saturated heterocycles. The van der Waals surface area contributed by atoms with E-state index in [1.54, 1.807) is 0 Å². The highest BCUT2D eigenvalue weighted by atomic mass is 16.7. The van der Waals surface area contributed by atoms with Gasteiger partial charge in [-0.15, -0.1) is 0 Å². The third-order valence-electron chi connectivity index (χ3n) is 3.03. The molecule has 0 aromatic carbocycles. The molecule has 1 rings (SSSR count). The molecule has 0 radical (unpaired) electrons. The number of nitrogens with zero attached hydrogens (tertiary/aromatic N) is 1. The second-order valence-corrected chi connectivity index (χ2v) is 4.63. The van der Waals surface area contributed by atoms with Crippen molar-refractivity contribution in [1.29, 1.82) is 0 Å². The van der Waals surface area contributed by atoms with Gasteiger partial charge >= 0.3 is 5.97 Å². The largest absolute Gasteiger partial charge is 0.466 e. The fraction of sp³-hybridized carbons (Fsp3) is 0.923. The first-order valence-electron chi connectivity index (χ1n) is 6.70. The van der Waals surface area contributed by atoms with Crippen LogP contribution in [0.2, 0.25) is 0 Å². The fourth-order valence-electron chi connectivity index (χ4n) is 2.55. The van der Waals surface area contributed by atoms with Crippen LogP contribution in [-0.4, -0.2) is 56.6 Å². The number of piperidine rings is 1. The number of rotatable bonds is 6. The second-order valence-electron chi connectivity index (χ2n) is 4.63. The number of ether oxygens (including phenoxy) is 3. The van der Waals surface area contributed by atoms with E-state index in [-0.39, 0.29) is 11.9 Å². The van der Waals surface area contributed by atoms with Gasteiger partial charge < -0.3 is 19.1 Å². The monoisotopic (exact) mass is 259 g/mol. The summed E-state index contributed by atoms with van der Waals surface area (Å²) in [6.07, 6.45) is 0.567. The normalized spacial score (nSPS) is 23.9. The molecule has 1 heterocycles. The van der Waals surface area contributed by atoms with E-state index in [0.29, 0.717) is 39.3 Å². The molecule has 1 fully saturated rings. The smallest absolute Gasteiger partial charge is 0.310 e. The van der Waals surface area contributed by atoms with E-state index >= 15 is 0 Å². The zero-order valence-corrected chi connectivity index (χ0v) is 11.9. The third kappa shape index (κ3) is 3.93. The molecule has 106 valence electrons. The van der Waals surface area contributed by atoms with Gasteiger partial charge in [0.1, 0.15) is 0 Å². The first kappa shape index (κ1) is 15.4. The van der Waals surface area contributed by atoms with Crippen molar-refractivity contribution in [2.24, 2.45) is 5.92 Å². The number of carbonyl (C=O) groups excluding carboxylic acids is 1. The van der Waals surface area contributed by atoms with Gasteiger partial charge in [-0.25, -0.2) is 0 Å². The Morgan fingerprint density at radius 1 is 1.22 bits per heavy atom. The topological polar surface area (TPSA) is 48.0 Å². The number of esters is 1. The van der Waals surface area contributed by atoms with E-state index in [1.807, 2.05) is 27.8 Å². The van der Waals surface area contributed by atoms with Crippen LogP contribution in [0.25, 0.3) is 0 Å². The summed E-state index contributed by atoms with van der Waals surface area (Å²) in [4.78, 5) is 13.9. The quantitative estimate of drug-likeness (QED) is 0.531. The molecule has 18 heavy (non-hydrogen) atoms. The summed E-state index contributed by atoms with van der Waals surface area (Å²) in [5.41, 5.74) is 0. The van der Waals surface area contributed by atoms with Crippen molar-refractivity contribution >= 4 is 5.97 Å². The molecule has 0 N–H and O–H groups in total. The Morgan fingerprint density at radius 2 is 1.83 bits per heavy atom. The molecule has 0 bridgehead atoms. The molecule has 1 atom stereocenters. The first-order chi connectivity index (χ1) is 8.56. The van der Waals surface area contributed by atoms with Crippen molar-refractivity contribution in [1.82, 2.24) is 4.90 Å². The Hall–Kier alpha value is -0.650. The lowest BCUT2D eigenvalue weighted by Gasteiger charge is -2.43. The Bertz CT molecular complexity index is 264. The zero-order valence-electron chi connectivity index (χ0n) is 11.9. The van der Waals surface area contributed by atoms with Gasteiger partial charge in [-0.3, -0.25) is 4.79 Å². The van der Waals surface area contributed by atoms with Crippen LogP contribution in [0.4, 0.5) is 0 Å². The van der Waals surface area contributed by atoms with E-state index in [0.717, 1.165) is 0 Å². The molecule has 0 spiro atoms. The van der Waals surface area contributed by atoms with Crippen LogP contribution < -0.4 is 0 Å². The summed E-state index contributed by atoms with van der Waals surface area (Å²) in [7, 11) is 1.97. The molecule has 0 aromatic heterocycles. The summed E-state index contributed by atoms with van der Waals surface area (Å²) in [5.74, 6) is -1.01. The van der Waals surface area contributed by atoms with Crippen molar-refractivity contribution < 1.29 is 19.0 Å². The van der Waals surface area contributed by atoms with Crippen LogP contribution in [0.1, 0.15) is 27.2 Å². The van der Waals surface area contributed by atoms with E-state index in [2.05, 4.69) is 4.90 Å². The minimum absolute atomic E-state index is 0.159. The molecule has 1 aliphatic heterocycles. The van der Waals surface area contributed by atoms with Crippen LogP contribution in [0.3, 0.4) is 0 Å². The minimum atomic E-state index is -0.673. The van der Waals surface area contributed by atoms with E-state index in [1.165, 1.54) is 0 Å². The Kier molecular flexibility index (Phi) is 6.05. The number of likely N-dealkylation sites (N-methyl/N-ethyl adjacent to an activating group) is 1. The van der Waals surface area contributed by atoms with Crippen molar-refractivity contribution in [3.63, 3.8) is 0 Å². The summed E-state index contributed by atoms with van der Waals surface area (Å²) < 4.78 is 16.6. The van der Waals surface area contributed by atoms with Crippen LogP contribution >= 0.6 is 0 Å². The maximum atomic E-state index is 11.9. The van der Waals surface area contributed by atoms with Gasteiger partial charge in [-0.2, -0.15) is 0 Å². The van der Waals surface area contributed by atoms with Crippen molar-refractivity contribution in [2.75, 3.05) is 40.0 Å². The molecule has 0 aromatic rings. The summed E-state index contributed by atoms with van der Waals surface area (Å²) in [6.45, 7) is 8.64. The molecule has 0 aliphatic carbocycles. The SMILES string of the molecule is CCOC(=O)C1CN(C)CC(OCC)(OCC)C1. The van der Waals surface area contributed by atoms with Gasteiger partial charge in [0.25, 0.3) is 0 Å². The predicted molar refractivity (Wildman–Crippen MR) is 68.2 cm³/mol. The first-order valence-corrected chi connectivity index (χ1v) is 6.70. The number of hydrogen-bond donors (Lipinski definition) is 0. The van der Waals surface area contributed by atoms with Gasteiger partial charge in [0.2, 0.25) is 0 Å². The second kappa shape index (κ2) is 7.07. The van der Waals surface area contributed by atoms with Crippen molar-refractivity contribution in [3.8, 4) is 0 Å². The van der Waals surface area contributed by atoms with Crippen molar-refractivity contribution in [3.05, 3.63) is 0 Å². The Balaban J connectivity index is 2.76. The zero-order chi connectivity index (χ0) is 13.6. The molecular weight excluding hydrogens is 234 g/mol. The van der Waals surface area contributed by atoms with Gasteiger partial charge in [-0.05, 0) is 27.8 Å². The number of likely N-dealkylation sites (tertiary alicyclic amines) is 1. The maximum absolute atomic E-state index is 11.9. The lowest BCUT2D eigenvalue weighted by molar-refractivity contribution is -0.262. The summed E-state index contributed by atoms with van der Waals surface area (Å²) in [6, 6.07) is 0. The number of carbonyl (C=O) groups is 1. The molecule has 0 amide bonds. The number of hydrogen-bond acceptors (Lipinski definition) is 5. The molecule has 5 nitrogen and oxygen atoms in total. The average molecular weight is 259 g/mol. The van der Waals surface area contributed by atoms with Gasteiger partial charge in [0, 0.05) is 26.2 Å².